The maximum atomic E-state index is 13.4. The second-order valence-corrected chi connectivity index (χ2v) is 5.51. The molecule has 22 heavy (non-hydrogen) atoms. The number of carbonyl (C=O) groups excluding carboxylic acids is 1. The largest absolute Gasteiger partial charge is 0.359 e. The summed E-state index contributed by atoms with van der Waals surface area (Å²) in [5, 5.41) is 2.99. The smallest absolute Gasteiger partial charge is 0.255 e. The first-order chi connectivity index (χ1) is 10.7. The minimum Gasteiger partial charge on any atom is -0.359 e. The molecule has 0 bridgehead atoms. The van der Waals surface area contributed by atoms with Gasteiger partial charge in [0.1, 0.15) is 11.3 Å². The third-order valence-corrected chi connectivity index (χ3v) is 4.17. The number of hydrogen-bond acceptors (Lipinski definition) is 2. The highest BCUT2D eigenvalue weighted by molar-refractivity contribution is 6.05. The van der Waals surface area contributed by atoms with Crippen LogP contribution in [0.3, 0.4) is 0 Å². The molecule has 2 N–H and O–H groups in total. The van der Waals surface area contributed by atoms with Gasteiger partial charge in [0.2, 0.25) is 0 Å². The van der Waals surface area contributed by atoms with Crippen molar-refractivity contribution in [3.8, 4) is 0 Å². The number of H-pyrrole nitrogens is 1. The number of benzene rings is 1. The van der Waals surface area contributed by atoms with E-state index < -0.39 is 0 Å². The van der Waals surface area contributed by atoms with Crippen molar-refractivity contribution in [2.24, 2.45) is 0 Å². The molecule has 4 nitrogen and oxygen atoms in total. The fourth-order valence-corrected chi connectivity index (χ4v) is 3.09. The molecule has 1 amide bonds. The molecule has 0 fully saturated rings. The van der Waals surface area contributed by atoms with Crippen LogP contribution >= 0.6 is 0 Å². The molecule has 3 aromatic rings. The normalized spacial score (nSPS) is 16.7. The molecular weight excluding hydrogens is 281 g/mol. The average Bonchev–Trinajstić information content (AvgIpc) is 3.11. The Morgan fingerprint density at radius 1 is 1.36 bits per heavy atom. The monoisotopic (exact) mass is 295 g/mol. The molecule has 1 unspecified atom stereocenters. The van der Waals surface area contributed by atoms with Crippen LogP contribution in [0.2, 0.25) is 0 Å². The van der Waals surface area contributed by atoms with Crippen molar-refractivity contribution in [3.05, 3.63) is 65.2 Å². The van der Waals surface area contributed by atoms with Gasteiger partial charge < -0.3 is 10.3 Å². The van der Waals surface area contributed by atoms with Crippen LogP contribution in [0.1, 0.15) is 33.9 Å². The molecule has 0 spiro atoms. The van der Waals surface area contributed by atoms with Crippen LogP contribution in [0.4, 0.5) is 4.39 Å². The van der Waals surface area contributed by atoms with Crippen LogP contribution in [0.15, 0.2) is 42.7 Å². The molecule has 2 heterocycles. The number of aromatic amines is 1. The molecular formula is C17H14FN3O. The standard InChI is InChI=1S/C17H14FN3O/c18-11-5-3-10-4-6-14(12(10)8-11)21-17(22)13-9-20-15-2-1-7-19-16(13)15/h1-3,5,7-9,14,20H,4,6H2,(H,21,22). The number of hydrogen-bond donors (Lipinski definition) is 2. The minimum absolute atomic E-state index is 0.146. The summed E-state index contributed by atoms with van der Waals surface area (Å²) in [7, 11) is 0. The van der Waals surface area contributed by atoms with Gasteiger partial charge in [0.25, 0.3) is 5.91 Å². The van der Waals surface area contributed by atoms with Gasteiger partial charge in [-0.25, -0.2) is 4.39 Å². The molecule has 4 rings (SSSR count). The van der Waals surface area contributed by atoms with Gasteiger partial charge in [-0.2, -0.15) is 0 Å². The zero-order valence-electron chi connectivity index (χ0n) is 11.8. The van der Waals surface area contributed by atoms with E-state index >= 15 is 0 Å². The van der Waals surface area contributed by atoms with E-state index in [4.69, 9.17) is 0 Å². The number of aryl methyl sites for hydroxylation is 1. The van der Waals surface area contributed by atoms with Crippen molar-refractivity contribution in [1.29, 1.82) is 0 Å². The Labute approximate surface area is 126 Å². The SMILES string of the molecule is O=C(NC1CCc2ccc(F)cc21)c1c[nH]c2cccnc12. The fourth-order valence-electron chi connectivity index (χ4n) is 3.09. The van der Waals surface area contributed by atoms with E-state index in [2.05, 4.69) is 15.3 Å². The Balaban J connectivity index is 1.63. The molecule has 1 aliphatic rings. The number of nitrogens with zero attached hydrogens (tertiary/aromatic N) is 1. The van der Waals surface area contributed by atoms with Crippen LogP contribution in [-0.2, 0) is 6.42 Å². The number of carbonyl (C=O) groups is 1. The highest BCUT2D eigenvalue weighted by atomic mass is 19.1. The summed E-state index contributed by atoms with van der Waals surface area (Å²) in [6.07, 6.45) is 4.97. The fraction of sp³-hybridized carbons (Fsp3) is 0.176. The lowest BCUT2D eigenvalue weighted by molar-refractivity contribution is 0.0938. The predicted octanol–water partition coefficient (Wildman–Crippen LogP) is 3.12. The topological polar surface area (TPSA) is 57.8 Å². The Kier molecular flexibility index (Phi) is 2.92. The van der Waals surface area contributed by atoms with Gasteiger partial charge in [-0.15, -0.1) is 0 Å². The Bertz CT molecular complexity index is 871. The van der Waals surface area contributed by atoms with E-state index in [1.54, 1.807) is 18.5 Å². The molecule has 2 aromatic heterocycles. The number of aromatic nitrogens is 2. The molecule has 0 saturated carbocycles. The van der Waals surface area contributed by atoms with Gasteiger partial charge in [0.05, 0.1) is 17.1 Å². The molecule has 1 aromatic carbocycles. The van der Waals surface area contributed by atoms with Gasteiger partial charge >= 0.3 is 0 Å². The van der Waals surface area contributed by atoms with E-state index in [0.29, 0.717) is 11.1 Å². The zero-order valence-corrected chi connectivity index (χ0v) is 11.8. The number of pyridine rings is 1. The van der Waals surface area contributed by atoms with Crippen molar-refractivity contribution in [1.82, 2.24) is 15.3 Å². The number of fused-ring (bicyclic) bond motifs is 2. The molecule has 0 saturated heterocycles. The Morgan fingerprint density at radius 2 is 2.27 bits per heavy atom. The van der Waals surface area contributed by atoms with Gasteiger partial charge in [-0.3, -0.25) is 9.78 Å². The van der Waals surface area contributed by atoms with Crippen LogP contribution in [0.5, 0.6) is 0 Å². The first-order valence-corrected chi connectivity index (χ1v) is 7.23. The summed E-state index contributed by atoms with van der Waals surface area (Å²) in [6, 6.07) is 8.32. The molecule has 1 aliphatic carbocycles. The van der Waals surface area contributed by atoms with Gasteiger partial charge in [-0.1, -0.05) is 6.07 Å². The Morgan fingerprint density at radius 3 is 3.18 bits per heavy atom. The first kappa shape index (κ1) is 13.0. The lowest BCUT2D eigenvalue weighted by atomic mass is 10.1. The van der Waals surface area contributed by atoms with E-state index in [-0.39, 0.29) is 17.8 Å². The van der Waals surface area contributed by atoms with Crippen LogP contribution in [0.25, 0.3) is 11.0 Å². The van der Waals surface area contributed by atoms with Crippen LogP contribution < -0.4 is 5.32 Å². The quantitative estimate of drug-likeness (QED) is 0.763. The summed E-state index contributed by atoms with van der Waals surface area (Å²) in [4.78, 5) is 19.8. The zero-order chi connectivity index (χ0) is 15.1. The second-order valence-electron chi connectivity index (χ2n) is 5.51. The van der Waals surface area contributed by atoms with Crippen molar-refractivity contribution < 1.29 is 9.18 Å². The van der Waals surface area contributed by atoms with Crippen LogP contribution in [0, 0.1) is 5.82 Å². The average molecular weight is 295 g/mol. The predicted molar refractivity (Wildman–Crippen MR) is 81.0 cm³/mol. The van der Waals surface area contributed by atoms with Crippen molar-refractivity contribution in [2.75, 3.05) is 0 Å². The highest BCUT2D eigenvalue weighted by Gasteiger charge is 2.25. The van der Waals surface area contributed by atoms with Gasteiger partial charge in [-0.05, 0) is 48.2 Å². The second kappa shape index (κ2) is 4.94. The maximum Gasteiger partial charge on any atom is 0.255 e. The van der Waals surface area contributed by atoms with E-state index in [1.165, 1.54) is 12.1 Å². The molecule has 5 heteroatoms. The van der Waals surface area contributed by atoms with Crippen molar-refractivity contribution in [2.45, 2.75) is 18.9 Å². The lowest BCUT2D eigenvalue weighted by Gasteiger charge is -2.13. The lowest BCUT2D eigenvalue weighted by Crippen LogP contribution is -2.27. The summed E-state index contributed by atoms with van der Waals surface area (Å²) >= 11 is 0. The third-order valence-electron chi connectivity index (χ3n) is 4.17. The van der Waals surface area contributed by atoms with E-state index in [1.807, 2.05) is 12.1 Å². The summed E-state index contributed by atoms with van der Waals surface area (Å²) in [5.74, 6) is -0.458. The Hall–Kier alpha value is -2.69. The van der Waals surface area contributed by atoms with Crippen molar-refractivity contribution in [3.63, 3.8) is 0 Å². The van der Waals surface area contributed by atoms with Gasteiger partial charge in [0, 0.05) is 12.4 Å². The molecule has 1 atom stereocenters. The number of nitrogens with one attached hydrogen (secondary N) is 2. The maximum absolute atomic E-state index is 13.4. The highest BCUT2D eigenvalue weighted by Crippen LogP contribution is 2.32. The van der Waals surface area contributed by atoms with E-state index in [0.717, 1.165) is 29.5 Å². The first-order valence-electron chi connectivity index (χ1n) is 7.23. The number of halogens is 1. The number of amides is 1. The third kappa shape index (κ3) is 2.06. The van der Waals surface area contributed by atoms with Crippen LogP contribution in [-0.4, -0.2) is 15.9 Å². The summed E-state index contributed by atoms with van der Waals surface area (Å²) < 4.78 is 13.4. The molecule has 110 valence electrons. The minimum atomic E-state index is -0.270. The molecule has 0 radical (unpaired) electrons. The van der Waals surface area contributed by atoms with Gasteiger partial charge in [0.15, 0.2) is 0 Å². The summed E-state index contributed by atoms with van der Waals surface area (Å²) in [6.45, 7) is 0. The number of rotatable bonds is 2. The van der Waals surface area contributed by atoms with E-state index in [9.17, 15) is 9.18 Å². The van der Waals surface area contributed by atoms with Crippen molar-refractivity contribution >= 4 is 16.9 Å². The molecule has 0 aliphatic heterocycles. The summed E-state index contributed by atoms with van der Waals surface area (Å²) in [5.41, 5.74) is 3.97.